The van der Waals surface area contributed by atoms with Gasteiger partial charge in [0.1, 0.15) is 0 Å². The highest BCUT2D eigenvalue weighted by Crippen LogP contribution is 2.54. The van der Waals surface area contributed by atoms with Crippen molar-refractivity contribution in [3.8, 4) is 0 Å². The summed E-state index contributed by atoms with van der Waals surface area (Å²) in [5.41, 5.74) is 5.05. The van der Waals surface area contributed by atoms with Gasteiger partial charge in [0.05, 0.1) is 5.56 Å². The number of rotatable bonds is 3. The Labute approximate surface area is 149 Å². The second-order valence-corrected chi connectivity index (χ2v) is 8.33. The molecule has 25 heavy (non-hydrogen) atoms. The third kappa shape index (κ3) is 3.08. The Morgan fingerprint density at radius 2 is 2.12 bits per heavy atom. The van der Waals surface area contributed by atoms with Crippen molar-refractivity contribution in [2.45, 2.75) is 83.3 Å². The van der Waals surface area contributed by atoms with Crippen molar-refractivity contribution in [2.75, 3.05) is 0 Å². The van der Waals surface area contributed by atoms with Gasteiger partial charge in [-0.15, -0.1) is 0 Å². The fraction of sp³-hybridized carbons (Fsp3) is 0.700. The van der Waals surface area contributed by atoms with E-state index in [0.717, 1.165) is 30.6 Å². The maximum Gasteiger partial charge on any atom is 0.276 e. The Balaban J connectivity index is 1.51. The Morgan fingerprint density at radius 1 is 1.36 bits per heavy atom. The van der Waals surface area contributed by atoms with Gasteiger partial charge >= 0.3 is 0 Å². The molecule has 2 saturated carbocycles. The van der Waals surface area contributed by atoms with E-state index in [1.54, 1.807) is 11.7 Å². The molecule has 1 amide bonds. The van der Waals surface area contributed by atoms with Crippen molar-refractivity contribution in [3.05, 3.63) is 29.1 Å². The first kappa shape index (κ1) is 17.0. The number of nitrogens with one attached hydrogen (secondary N) is 1. The summed E-state index contributed by atoms with van der Waals surface area (Å²) < 4.78 is 0. The van der Waals surface area contributed by atoms with Crippen LogP contribution in [0, 0.1) is 5.41 Å². The van der Waals surface area contributed by atoms with Gasteiger partial charge in [-0.2, -0.15) is 0 Å². The van der Waals surface area contributed by atoms with Gasteiger partial charge in [-0.3, -0.25) is 19.9 Å². The van der Waals surface area contributed by atoms with E-state index in [2.05, 4.69) is 16.8 Å². The number of hydrogen-bond acceptors (Lipinski definition) is 4. The highest BCUT2D eigenvalue weighted by Gasteiger charge is 2.48. The number of carbonyl (C=O) groups is 1. The topological polar surface area (TPSA) is 65.5 Å². The lowest BCUT2D eigenvalue weighted by molar-refractivity contribution is -0.0512. The molecule has 0 bridgehead atoms. The predicted octanol–water partition coefficient (Wildman–Crippen LogP) is 3.45. The maximum absolute atomic E-state index is 11.7. The van der Waals surface area contributed by atoms with E-state index in [9.17, 15) is 4.79 Å². The van der Waals surface area contributed by atoms with Gasteiger partial charge in [0.25, 0.3) is 5.91 Å². The van der Waals surface area contributed by atoms with Crippen LogP contribution in [-0.2, 0) is 13.0 Å². The lowest BCUT2D eigenvalue weighted by Crippen LogP contribution is -2.56. The van der Waals surface area contributed by atoms with Crippen LogP contribution in [0.25, 0.3) is 0 Å². The molecule has 2 aliphatic carbocycles. The summed E-state index contributed by atoms with van der Waals surface area (Å²) in [6.45, 7) is 3.15. The zero-order chi connectivity index (χ0) is 17.4. The van der Waals surface area contributed by atoms with Crippen LogP contribution < -0.4 is 5.48 Å². The van der Waals surface area contributed by atoms with E-state index in [4.69, 9.17) is 5.21 Å². The molecule has 0 unspecified atom stereocenters. The largest absolute Gasteiger partial charge is 0.293 e. The SMILES string of the molecule is CC[C@@H]1Cc2ncc(C(=O)NO)cc2CN1C1CC2(CCCCC2)C1. The number of carbonyl (C=O) groups excluding carboxylic acids is 1. The fourth-order valence-electron chi connectivity index (χ4n) is 5.40. The van der Waals surface area contributed by atoms with Crippen molar-refractivity contribution in [2.24, 2.45) is 5.41 Å². The molecule has 5 heteroatoms. The minimum Gasteiger partial charge on any atom is -0.293 e. The van der Waals surface area contributed by atoms with Crippen LogP contribution in [0.1, 0.15) is 79.9 Å². The molecule has 136 valence electrons. The molecule has 0 radical (unpaired) electrons. The molecule has 1 aromatic rings. The van der Waals surface area contributed by atoms with Gasteiger partial charge in [0.2, 0.25) is 0 Å². The van der Waals surface area contributed by atoms with E-state index in [1.807, 2.05) is 6.07 Å². The van der Waals surface area contributed by atoms with Gasteiger partial charge in [-0.1, -0.05) is 26.2 Å². The van der Waals surface area contributed by atoms with Crippen LogP contribution >= 0.6 is 0 Å². The zero-order valence-electron chi connectivity index (χ0n) is 15.1. The van der Waals surface area contributed by atoms with Crippen molar-refractivity contribution in [1.82, 2.24) is 15.4 Å². The number of nitrogens with zero attached hydrogens (tertiary/aromatic N) is 2. The zero-order valence-corrected chi connectivity index (χ0v) is 15.1. The van der Waals surface area contributed by atoms with Crippen LogP contribution in [0.2, 0.25) is 0 Å². The molecule has 2 N–H and O–H groups in total. The summed E-state index contributed by atoms with van der Waals surface area (Å²) in [6.07, 6.45) is 13.5. The van der Waals surface area contributed by atoms with E-state index in [0.29, 0.717) is 23.1 Å². The first-order valence-corrected chi connectivity index (χ1v) is 9.82. The molecule has 0 aromatic carbocycles. The van der Waals surface area contributed by atoms with E-state index < -0.39 is 5.91 Å². The predicted molar refractivity (Wildman–Crippen MR) is 95.4 cm³/mol. The molecule has 1 aromatic heterocycles. The quantitative estimate of drug-likeness (QED) is 0.652. The Morgan fingerprint density at radius 3 is 2.80 bits per heavy atom. The summed E-state index contributed by atoms with van der Waals surface area (Å²) in [6, 6.07) is 3.15. The van der Waals surface area contributed by atoms with Crippen molar-refractivity contribution in [1.29, 1.82) is 0 Å². The minimum atomic E-state index is -0.482. The van der Waals surface area contributed by atoms with Crippen LogP contribution in [-0.4, -0.2) is 33.1 Å². The second-order valence-electron chi connectivity index (χ2n) is 8.33. The van der Waals surface area contributed by atoms with Gasteiger partial charge in [-0.25, -0.2) is 5.48 Å². The second kappa shape index (κ2) is 6.69. The summed E-state index contributed by atoms with van der Waals surface area (Å²) in [4.78, 5) is 18.9. The highest BCUT2D eigenvalue weighted by molar-refractivity contribution is 5.93. The molecular weight excluding hydrogens is 314 g/mol. The lowest BCUT2D eigenvalue weighted by atomic mass is 9.57. The molecule has 3 aliphatic rings. The average molecular weight is 343 g/mol. The standard InChI is InChI=1S/C20H29N3O2/c1-2-16-9-18-15(8-14(12-21-18)19(24)22-25)13-23(16)17-10-20(11-17)6-4-3-5-7-20/h8,12,16-17,25H,2-7,9-11,13H2,1H3,(H,22,24)/t16-/m1/s1. The molecule has 2 heterocycles. The average Bonchev–Trinajstić information content (AvgIpc) is 2.64. The number of fused-ring (bicyclic) bond motifs is 1. The van der Waals surface area contributed by atoms with Gasteiger partial charge in [-0.05, 0) is 49.1 Å². The number of hydrogen-bond donors (Lipinski definition) is 2. The third-order valence-corrected chi connectivity index (χ3v) is 6.87. The molecule has 2 fully saturated rings. The molecule has 5 nitrogen and oxygen atoms in total. The van der Waals surface area contributed by atoms with Crippen LogP contribution in [0.4, 0.5) is 0 Å². The monoisotopic (exact) mass is 343 g/mol. The summed E-state index contributed by atoms with van der Waals surface area (Å²) in [7, 11) is 0. The number of amides is 1. The fourth-order valence-corrected chi connectivity index (χ4v) is 5.40. The molecule has 1 spiro atoms. The van der Waals surface area contributed by atoms with Crippen LogP contribution in [0.15, 0.2) is 12.3 Å². The van der Waals surface area contributed by atoms with E-state index in [-0.39, 0.29) is 0 Å². The van der Waals surface area contributed by atoms with Crippen molar-refractivity contribution < 1.29 is 10.0 Å². The van der Waals surface area contributed by atoms with Crippen LogP contribution in [0.5, 0.6) is 0 Å². The smallest absolute Gasteiger partial charge is 0.276 e. The van der Waals surface area contributed by atoms with Gasteiger partial charge in [0.15, 0.2) is 0 Å². The maximum atomic E-state index is 11.7. The van der Waals surface area contributed by atoms with Crippen LogP contribution in [0.3, 0.4) is 0 Å². The Bertz CT molecular complexity index is 646. The van der Waals surface area contributed by atoms with E-state index in [1.165, 1.54) is 44.9 Å². The Kier molecular flexibility index (Phi) is 4.54. The highest BCUT2D eigenvalue weighted by atomic mass is 16.5. The molecule has 0 saturated heterocycles. The normalized spacial score (nSPS) is 26.1. The molecule has 4 rings (SSSR count). The minimum absolute atomic E-state index is 0.438. The molecule has 1 aliphatic heterocycles. The third-order valence-electron chi connectivity index (χ3n) is 6.87. The van der Waals surface area contributed by atoms with Gasteiger partial charge in [0, 0.05) is 36.9 Å². The lowest BCUT2D eigenvalue weighted by Gasteiger charge is -2.56. The molecule has 1 atom stereocenters. The first-order chi connectivity index (χ1) is 12.1. The molecular formula is C20H29N3O2. The number of hydroxylamine groups is 1. The number of aromatic nitrogens is 1. The summed E-state index contributed by atoms with van der Waals surface area (Å²) in [5.74, 6) is -0.482. The number of pyridine rings is 1. The summed E-state index contributed by atoms with van der Waals surface area (Å²) >= 11 is 0. The van der Waals surface area contributed by atoms with Crippen molar-refractivity contribution in [3.63, 3.8) is 0 Å². The Hall–Kier alpha value is -1.46. The first-order valence-electron chi connectivity index (χ1n) is 9.82. The van der Waals surface area contributed by atoms with E-state index >= 15 is 0 Å². The van der Waals surface area contributed by atoms with Gasteiger partial charge < -0.3 is 0 Å². The van der Waals surface area contributed by atoms with Crippen molar-refractivity contribution >= 4 is 5.91 Å². The summed E-state index contributed by atoms with van der Waals surface area (Å²) in [5, 5.41) is 8.86.